The molecule has 0 spiro atoms. The van der Waals surface area contributed by atoms with Crippen LogP contribution in [-0.4, -0.2) is 46.7 Å². The Morgan fingerprint density at radius 3 is 2.96 bits per heavy atom. The summed E-state index contributed by atoms with van der Waals surface area (Å²) in [5, 5.41) is 4.23. The molecule has 1 N–H and O–H groups in total. The first-order chi connectivity index (χ1) is 12.6. The van der Waals surface area contributed by atoms with Gasteiger partial charge in [-0.2, -0.15) is 0 Å². The predicted octanol–water partition coefficient (Wildman–Crippen LogP) is 3.19. The highest BCUT2D eigenvalue weighted by atomic mass is 79.9. The third kappa shape index (κ3) is 4.72. The van der Waals surface area contributed by atoms with Crippen molar-refractivity contribution in [1.29, 1.82) is 0 Å². The van der Waals surface area contributed by atoms with Crippen molar-refractivity contribution in [2.45, 2.75) is 52.1 Å². The van der Waals surface area contributed by atoms with Gasteiger partial charge < -0.3 is 10.2 Å². The van der Waals surface area contributed by atoms with Crippen LogP contribution < -0.4 is 10.9 Å². The van der Waals surface area contributed by atoms with E-state index in [1.165, 1.54) is 13.0 Å². The van der Waals surface area contributed by atoms with Crippen LogP contribution in [0.2, 0.25) is 0 Å². The molecule has 0 unspecified atom stereocenters. The van der Waals surface area contributed by atoms with Crippen LogP contribution in [-0.2, 0) is 13.0 Å². The highest BCUT2D eigenvalue weighted by Gasteiger charge is 2.13. The highest BCUT2D eigenvalue weighted by molar-refractivity contribution is 9.10. The average Bonchev–Trinajstić information content (AvgIpc) is 2.84. The molecule has 0 bridgehead atoms. The topological polar surface area (TPSA) is 50.2 Å². The van der Waals surface area contributed by atoms with E-state index in [0.29, 0.717) is 18.0 Å². The SMILES string of the molecule is CCn1c(CCCCN2CCN[C@@H](C)CC2)nc2ccc(Br)cc2c1=O. The minimum Gasteiger partial charge on any atom is -0.313 e. The number of nitrogens with one attached hydrogen (secondary N) is 1. The van der Waals surface area contributed by atoms with Crippen molar-refractivity contribution in [2.24, 2.45) is 0 Å². The fraction of sp³-hybridized carbons (Fsp3) is 0.600. The number of unbranched alkanes of at least 4 members (excludes halogenated alkanes) is 1. The molecule has 142 valence electrons. The summed E-state index contributed by atoms with van der Waals surface area (Å²) in [7, 11) is 0. The molecule has 1 aliphatic rings. The lowest BCUT2D eigenvalue weighted by Crippen LogP contribution is -2.30. The van der Waals surface area contributed by atoms with Gasteiger partial charge in [-0.25, -0.2) is 4.98 Å². The molecule has 0 radical (unpaired) electrons. The maximum Gasteiger partial charge on any atom is 0.261 e. The van der Waals surface area contributed by atoms with Gasteiger partial charge in [-0.1, -0.05) is 15.9 Å². The number of rotatable bonds is 6. The molecule has 1 fully saturated rings. The lowest BCUT2D eigenvalue weighted by Gasteiger charge is -2.19. The van der Waals surface area contributed by atoms with E-state index in [0.717, 1.165) is 54.7 Å². The Balaban J connectivity index is 1.63. The summed E-state index contributed by atoms with van der Waals surface area (Å²) in [6, 6.07) is 6.37. The van der Waals surface area contributed by atoms with Crippen molar-refractivity contribution in [3.8, 4) is 0 Å². The smallest absolute Gasteiger partial charge is 0.261 e. The van der Waals surface area contributed by atoms with Crippen LogP contribution in [0.4, 0.5) is 0 Å². The van der Waals surface area contributed by atoms with Crippen LogP contribution in [0.1, 0.15) is 38.9 Å². The number of hydrogen-bond acceptors (Lipinski definition) is 4. The van der Waals surface area contributed by atoms with Crippen molar-refractivity contribution < 1.29 is 0 Å². The molecule has 0 saturated carbocycles. The minimum absolute atomic E-state index is 0.0707. The summed E-state index contributed by atoms with van der Waals surface area (Å²) >= 11 is 3.44. The van der Waals surface area contributed by atoms with Crippen molar-refractivity contribution in [2.75, 3.05) is 26.2 Å². The van der Waals surface area contributed by atoms with Crippen molar-refractivity contribution >= 4 is 26.8 Å². The first-order valence-corrected chi connectivity index (χ1v) is 10.5. The zero-order chi connectivity index (χ0) is 18.5. The fourth-order valence-electron chi connectivity index (χ4n) is 3.66. The van der Waals surface area contributed by atoms with E-state index in [4.69, 9.17) is 4.98 Å². The van der Waals surface area contributed by atoms with E-state index in [2.05, 4.69) is 33.1 Å². The number of benzene rings is 1. The van der Waals surface area contributed by atoms with Crippen LogP contribution in [0.3, 0.4) is 0 Å². The number of nitrogens with zero attached hydrogens (tertiary/aromatic N) is 3. The Labute approximate surface area is 163 Å². The fourth-order valence-corrected chi connectivity index (χ4v) is 4.02. The monoisotopic (exact) mass is 420 g/mol. The van der Waals surface area contributed by atoms with Gasteiger partial charge >= 0.3 is 0 Å². The van der Waals surface area contributed by atoms with Crippen molar-refractivity contribution in [3.63, 3.8) is 0 Å². The molecule has 5 nitrogen and oxygen atoms in total. The van der Waals surface area contributed by atoms with Gasteiger partial charge in [0.15, 0.2) is 0 Å². The molecule has 0 amide bonds. The summed E-state index contributed by atoms with van der Waals surface area (Å²) in [5.41, 5.74) is 0.867. The van der Waals surface area contributed by atoms with Crippen LogP contribution in [0.5, 0.6) is 0 Å². The summed E-state index contributed by atoms with van der Waals surface area (Å²) < 4.78 is 2.74. The molecule has 1 aliphatic heterocycles. The zero-order valence-electron chi connectivity index (χ0n) is 15.8. The van der Waals surface area contributed by atoms with E-state index in [1.807, 2.05) is 29.7 Å². The Bertz CT molecular complexity index is 804. The molecule has 6 heteroatoms. The number of hydrogen-bond donors (Lipinski definition) is 1. The first-order valence-electron chi connectivity index (χ1n) is 9.73. The summed E-state index contributed by atoms with van der Waals surface area (Å²) in [6.07, 6.45) is 4.29. The van der Waals surface area contributed by atoms with E-state index in [1.54, 1.807) is 0 Å². The number of aromatic nitrogens is 2. The second kappa shape index (κ2) is 9.11. The molecule has 26 heavy (non-hydrogen) atoms. The Kier molecular flexibility index (Phi) is 6.84. The summed E-state index contributed by atoms with van der Waals surface area (Å²) in [5.74, 6) is 0.915. The Hall–Kier alpha value is -1.24. The lowest BCUT2D eigenvalue weighted by atomic mass is 10.2. The van der Waals surface area contributed by atoms with Gasteiger partial charge in [-0.05, 0) is 64.4 Å². The minimum atomic E-state index is 0.0707. The molecule has 3 rings (SSSR count). The molecule has 1 atom stereocenters. The van der Waals surface area contributed by atoms with E-state index in [-0.39, 0.29) is 5.56 Å². The predicted molar refractivity (Wildman–Crippen MR) is 111 cm³/mol. The van der Waals surface area contributed by atoms with Crippen molar-refractivity contribution in [1.82, 2.24) is 19.8 Å². The quantitative estimate of drug-likeness (QED) is 0.728. The van der Waals surface area contributed by atoms with Crippen molar-refractivity contribution in [3.05, 3.63) is 38.9 Å². The third-order valence-electron chi connectivity index (χ3n) is 5.24. The van der Waals surface area contributed by atoms with Crippen LogP contribution in [0, 0.1) is 0 Å². The van der Waals surface area contributed by atoms with E-state index in [9.17, 15) is 4.79 Å². The van der Waals surface area contributed by atoms with Crippen LogP contribution in [0.25, 0.3) is 10.9 Å². The molecule has 1 aromatic heterocycles. The van der Waals surface area contributed by atoms with Crippen LogP contribution in [0.15, 0.2) is 27.5 Å². The van der Waals surface area contributed by atoms with Gasteiger partial charge in [0, 0.05) is 36.6 Å². The summed E-state index contributed by atoms with van der Waals surface area (Å²) in [4.78, 5) is 20.1. The molecule has 2 aromatic rings. The highest BCUT2D eigenvalue weighted by Crippen LogP contribution is 2.16. The Morgan fingerprint density at radius 1 is 1.31 bits per heavy atom. The molecule has 2 heterocycles. The van der Waals surface area contributed by atoms with Gasteiger partial charge in [0.05, 0.1) is 10.9 Å². The molecule has 0 aliphatic carbocycles. The van der Waals surface area contributed by atoms with E-state index >= 15 is 0 Å². The first kappa shape index (κ1) is 19.5. The second-order valence-electron chi connectivity index (χ2n) is 7.18. The normalized spacial score (nSPS) is 19.0. The summed E-state index contributed by atoms with van der Waals surface area (Å²) in [6.45, 7) is 9.46. The number of fused-ring (bicyclic) bond motifs is 1. The van der Waals surface area contributed by atoms with E-state index < -0.39 is 0 Å². The third-order valence-corrected chi connectivity index (χ3v) is 5.73. The lowest BCUT2D eigenvalue weighted by molar-refractivity contribution is 0.284. The zero-order valence-corrected chi connectivity index (χ0v) is 17.4. The largest absolute Gasteiger partial charge is 0.313 e. The van der Waals surface area contributed by atoms with Gasteiger partial charge in [0.25, 0.3) is 5.56 Å². The standard InChI is InChI=1S/C20H29BrN4O/c1-3-25-19(23-18-8-7-16(21)14-17(18)20(25)26)6-4-5-11-24-12-9-15(2)22-10-13-24/h7-8,14-15,22H,3-6,9-13H2,1-2H3/t15-/m0/s1. The van der Waals surface area contributed by atoms with Gasteiger partial charge in [-0.15, -0.1) is 0 Å². The molecule has 1 saturated heterocycles. The number of aryl methyl sites for hydroxylation is 1. The molecular weight excluding hydrogens is 392 g/mol. The second-order valence-corrected chi connectivity index (χ2v) is 8.10. The number of halogens is 1. The van der Waals surface area contributed by atoms with Gasteiger partial charge in [0.1, 0.15) is 5.82 Å². The average molecular weight is 421 g/mol. The van der Waals surface area contributed by atoms with Gasteiger partial charge in [-0.3, -0.25) is 9.36 Å². The maximum absolute atomic E-state index is 12.8. The molecule has 1 aromatic carbocycles. The van der Waals surface area contributed by atoms with Gasteiger partial charge in [0.2, 0.25) is 0 Å². The maximum atomic E-state index is 12.8. The molecular formula is C20H29BrN4O. The Morgan fingerprint density at radius 2 is 2.15 bits per heavy atom. The van der Waals surface area contributed by atoms with Crippen LogP contribution >= 0.6 is 15.9 Å².